The van der Waals surface area contributed by atoms with Gasteiger partial charge < -0.3 is 0 Å². The van der Waals surface area contributed by atoms with E-state index in [9.17, 15) is 0 Å². The van der Waals surface area contributed by atoms with E-state index in [2.05, 4.69) is 121 Å². The van der Waals surface area contributed by atoms with E-state index in [1.807, 2.05) is 0 Å². The summed E-state index contributed by atoms with van der Waals surface area (Å²) in [6.07, 6.45) is 5.59. The van der Waals surface area contributed by atoms with Crippen LogP contribution in [0.2, 0.25) is 0 Å². The summed E-state index contributed by atoms with van der Waals surface area (Å²) in [4.78, 5) is 0. The summed E-state index contributed by atoms with van der Waals surface area (Å²) >= 11 is 0. The largest absolute Gasteiger partial charge is 0.184 e. The van der Waals surface area contributed by atoms with Gasteiger partial charge in [0.05, 0.1) is 0 Å². The monoisotopic (exact) mass is 559 g/mol. The standard InChI is InChI=1S/C36H37.Zr/c1-35(2,3)26-15-17-28-25(20-26)22-33-30(28)18-19-34(36(4,5)6)31(33)16-14-23-11-9-13-29-27-12-8-7-10-24(27)21-32(23)29;/h7-13,15-20H,14,21-22H2,1-6H3;/q-1;. The Morgan fingerprint density at radius 2 is 1.27 bits per heavy atom. The zero-order valence-electron chi connectivity index (χ0n) is 23.1. The molecule has 0 unspecified atom stereocenters. The maximum Gasteiger partial charge on any atom is 0 e. The average molecular weight is 561 g/mol. The van der Waals surface area contributed by atoms with Gasteiger partial charge in [-0.1, -0.05) is 131 Å². The van der Waals surface area contributed by atoms with Crippen LogP contribution in [0, 0.1) is 6.42 Å². The predicted molar refractivity (Wildman–Crippen MR) is 154 cm³/mol. The van der Waals surface area contributed by atoms with Gasteiger partial charge in [0.15, 0.2) is 0 Å². The van der Waals surface area contributed by atoms with Gasteiger partial charge in [-0.2, -0.15) is 12.0 Å². The molecule has 0 aromatic heterocycles. The van der Waals surface area contributed by atoms with E-state index < -0.39 is 0 Å². The molecule has 6 rings (SSSR count). The van der Waals surface area contributed by atoms with Crippen LogP contribution in [0.1, 0.15) is 86.1 Å². The van der Waals surface area contributed by atoms with Gasteiger partial charge in [-0.25, -0.2) is 0 Å². The molecule has 0 heterocycles. The third-order valence-electron chi connectivity index (χ3n) is 8.27. The first-order valence-corrected chi connectivity index (χ1v) is 13.4. The van der Waals surface area contributed by atoms with Crippen LogP contribution in [0.25, 0.3) is 22.3 Å². The number of hydrogen-bond donors (Lipinski definition) is 0. The van der Waals surface area contributed by atoms with Crippen molar-refractivity contribution in [3.63, 3.8) is 0 Å². The Morgan fingerprint density at radius 3 is 2.03 bits per heavy atom. The molecule has 2 aliphatic rings. The van der Waals surface area contributed by atoms with Gasteiger partial charge in [0, 0.05) is 26.2 Å². The average Bonchev–Trinajstić information content (AvgIpc) is 3.39. The molecule has 0 saturated carbocycles. The van der Waals surface area contributed by atoms with Crippen LogP contribution in [0.5, 0.6) is 0 Å². The van der Waals surface area contributed by atoms with Crippen LogP contribution in [-0.2, 0) is 56.3 Å². The third kappa shape index (κ3) is 4.59. The van der Waals surface area contributed by atoms with Crippen molar-refractivity contribution in [3.05, 3.63) is 124 Å². The van der Waals surface area contributed by atoms with Crippen LogP contribution in [0.3, 0.4) is 0 Å². The van der Waals surface area contributed by atoms with Gasteiger partial charge in [0.2, 0.25) is 0 Å². The van der Waals surface area contributed by atoms with Gasteiger partial charge in [-0.05, 0) is 57.2 Å². The number of hydrogen-bond acceptors (Lipinski definition) is 0. The Morgan fingerprint density at radius 1 is 0.622 bits per heavy atom. The van der Waals surface area contributed by atoms with E-state index in [0.717, 1.165) is 19.3 Å². The zero-order chi connectivity index (χ0) is 25.2. The smallest absolute Gasteiger partial charge is 0 e. The van der Waals surface area contributed by atoms with Crippen LogP contribution < -0.4 is 0 Å². The molecule has 0 amide bonds. The van der Waals surface area contributed by atoms with Crippen LogP contribution in [0.15, 0.2) is 72.8 Å². The molecule has 0 N–H and O–H groups in total. The van der Waals surface area contributed by atoms with Gasteiger partial charge in [-0.3, -0.25) is 0 Å². The van der Waals surface area contributed by atoms with Crippen molar-refractivity contribution >= 4 is 0 Å². The van der Waals surface area contributed by atoms with Gasteiger partial charge in [0.25, 0.3) is 0 Å². The van der Waals surface area contributed by atoms with Crippen molar-refractivity contribution in [2.75, 3.05) is 0 Å². The molecule has 0 spiro atoms. The molecule has 4 aromatic carbocycles. The van der Waals surface area contributed by atoms with Crippen molar-refractivity contribution in [2.24, 2.45) is 0 Å². The fourth-order valence-electron chi connectivity index (χ4n) is 6.28. The second-order valence-corrected chi connectivity index (χ2v) is 12.8. The van der Waals surface area contributed by atoms with Crippen LogP contribution in [0.4, 0.5) is 0 Å². The quantitative estimate of drug-likeness (QED) is 0.189. The van der Waals surface area contributed by atoms with E-state index in [0.29, 0.717) is 0 Å². The first-order chi connectivity index (χ1) is 17.1. The molecule has 0 aliphatic heterocycles. The normalized spacial score (nSPS) is 13.4. The maximum absolute atomic E-state index is 2.54. The molecular formula is C36H37Zr-. The van der Waals surface area contributed by atoms with Gasteiger partial charge in [-0.15, -0.1) is 17.2 Å². The zero-order valence-corrected chi connectivity index (χ0v) is 25.6. The first kappa shape index (κ1) is 26.2. The molecule has 37 heavy (non-hydrogen) atoms. The van der Waals surface area contributed by atoms with Crippen molar-refractivity contribution in [3.8, 4) is 22.3 Å². The van der Waals surface area contributed by atoms with E-state index in [1.165, 1.54) is 66.8 Å². The van der Waals surface area contributed by atoms with E-state index in [4.69, 9.17) is 0 Å². The predicted octanol–water partition coefficient (Wildman–Crippen LogP) is 9.22. The Balaban J connectivity index is 0.00000280. The second kappa shape index (κ2) is 9.43. The summed E-state index contributed by atoms with van der Waals surface area (Å²) in [5, 5.41) is 0. The molecule has 0 nitrogen and oxygen atoms in total. The SMILES string of the molecule is CC(C)(C)c1ccc2c(c1)Cc1c-2ccc(C(C)(C)C)c1[CH-]Cc1cccc2c1Cc1ccccc1-2.[Zr]. The van der Waals surface area contributed by atoms with Gasteiger partial charge in [0.1, 0.15) is 0 Å². The topological polar surface area (TPSA) is 0 Å². The third-order valence-corrected chi connectivity index (χ3v) is 8.27. The number of rotatable bonds is 3. The Hall–Kier alpha value is -2.37. The first-order valence-electron chi connectivity index (χ1n) is 13.4. The number of benzene rings is 4. The molecule has 0 atom stereocenters. The second-order valence-electron chi connectivity index (χ2n) is 12.8. The van der Waals surface area contributed by atoms with E-state index in [-0.39, 0.29) is 37.0 Å². The Kier molecular flexibility index (Phi) is 6.69. The minimum Gasteiger partial charge on any atom is -0.184 e. The molecular weight excluding hydrogens is 524 g/mol. The summed E-state index contributed by atoms with van der Waals surface area (Å²) in [5.41, 5.74) is 17.7. The molecule has 0 fully saturated rings. The van der Waals surface area contributed by atoms with Crippen LogP contribution in [-0.4, -0.2) is 0 Å². The summed E-state index contributed by atoms with van der Waals surface area (Å²) in [5.74, 6) is 0. The van der Waals surface area contributed by atoms with Crippen molar-refractivity contribution in [2.45, 2.75) is 71.6 Å². The van der Waals surface area contributed by atoms with Crippen LogP contribution >= 0.6 is 0 Å². The molecule has 2 aliphatic carbocycles. The van der Waals surface area contributed by atoms with Gasteiger partial charge >= 0.3 is 0 Å². The summed E-state index contributed by atoms with van der Waals surface area (Å²) in [6.45, 7) is 14.0. The summed E-state index contributed by atoms with van der Waals surface area (Å²) in [7, 11) is 0. The minimum absolute atomic E-state index is 0. The maximum atomic E-state index is 2.54. The van der Waals surface area contributed by atoms with E-state index >= 15 is 0 Å². The van der Waals surface area contributed by atoms with E-state index in [1.54, 1.807) is 0 Å². The molecule has 186 valence electrons. The Bertz CT molecular complexity index is 1490. The molecule has 0 saturated heterocycles. The fraction of sp³-hybridized carbons (Fsp3) is 0.306. The summed E-state index contributed by atoms with van der Waals surface area (Å²) in [6, 6.07) is 27.7. The minimum atomic E-state index is 0. The van der Waals surface area contributed by atoms with Crippen molar-refractivity contribution in [1.82, 2.24) is 0 Å². The van der Waals surface area contributed by atoms with Crippen molar-refractivity contribution in [1.29, 1.82) is 0 Å². The Labute approximate surface area is 242 Å². The molecule has 0 radical (unpaired) electrons. The molecule has 0 bridgehead atoms. The van der Waals surface area contributed by atoms with Crippen molar-refractivity contribution < 1.29 is 26.2 Å². The summed E-state index contributed by atoms with van der Waals surface area (Å²) < 4.78 is 0. The number of fused-ring (bicyclic) bond motifs is 6. The fourth-order valence-corrected chi connectivity index (χ4v) is 6.28. The molecule has 4 aromatic rings. The molecule has 1 heteroatoms.